The van der Waals surface area contributed by atoms with E-state index in [1.165, 1.54) is 18.2 Å². The van der Waals surface area contributed by atoms with E-state index >= 15 is 0 Å². The van der Waals surface area contributed by atoms with Gasteiger partial charge in [-0.15, -0.1) is 15.3 Å². The maximum atomic E-state index is 12.7. The molecule has 4 N–H and O–H groups in total. The summed E-state index contributed by atoms with van der Waals surface area (Å²) in [6.07, 6.45) is 0.177. The Labute approximate surface area is 387 Å². The van der Waals surface area contributed by atoms with Crippen LogP contribution < -0.4 is 19.5 Å². The zero-order valence-electron chi connectivity index (χ0n) is 36.7. The number of nitrogens with one attached hydrogen (secondary N) is 1. The minimum absolute atomic E-state index is 0.0178. The monoisotopic (exact) mass is 943 g/mol. The van der Waals surface area contributed by atoms with Crippen LogP contribution >= 0.6 is 0 Å². The van der Waals surface area contributed by atoms with Crippen LogP contribution in [0.2, 0.25) is 0 Å². The van der Waals surface area contributed by atoms with Crippen LogP contribution in [0.4, 0.5) is 45.5 Å². The van der Waals surface area contributed by atoms with Crippen molar-refractivity contribution in [3.63, 3.8) is 0 Å². The molecule has 7 rings (SSSR count). The zero-order chi connectivity index (χ0) is 47.9. The lowest BCUT2D eigenvalue weighted by Gasteiger charge is -2.12. The number of phenols is 1. The molecule has 0 bridgehead atoms. The molecule has 0 unspecified atom stereocenters. The lowest BCUT2D eigenvalue weighted by atomic mass is 10.1. The lowest BCUT2D eigenvalue weighted by molar-refractivity contribution is 0.317. The molecule has 0 atom stereocenters. The third kappa shape index (κ3) is 11.7. The van der Waals surface area contributed by atoms with Crippen LogP contribution in [0.15, 0.2) is 145 Å². The number of methoxy groups -OCH3 is 1. The minimum Gasteiger partial charge on any atom is -0.505 e. The molecule has 0 aliphatic carbocycles. The molecule has 0 heterocycles. The van der Waals surface area contributed by atoms with E-state index in [1.807, 2.05) is 62.4 Å². The number of fused-ring (bicyclic) bond motifs is 2. The van der Waals surface area contributed by atoms with E-state index < -0.39 is 30.9 Å². The van der Waals surface area contributed by atoms with Crippen molar-refractivity contribution in [2.75, 3.05) is 31.4 Å². The highest BCUT2D eigenvalue weighted by Gasteiger charge is 2.22. The standard InChI is InChI=1S/C48H45N7O10S2/c1-6-21-64-45-10-7-9-38-37(45)18-20-40(48(38)67(60,61)62)51-54-43-28-46(65-22-8-23-66(57,58)59)44(26-31(43)4)55-53-42-25-29(2)41(24-30(42)3)52-50-39-19-11-32-27-34(14-17-36(32)47(39)56)49-33-12-15-35(63-5)16-13-33/h1,7,9-20,24-28,49,56H,6,8,21-23H2,2-5H3,(H,57,58,59)(H,60,61,62). The van der Waals surface area contributed by atoms with Gasteiger partial charge in [-0.3, -0.25) is 9.11 Å². The highest BCUT2D eigenvalue weighted by atomic mass is 32.2. The molecule has 0 fully saturated rings. The molecule has 0 aromatic heterocycles. The van der Waals surface area contributed by atoms with E-state index in [0.717, 1.165) is 22.5 Å². The van der Waals surface area contributed by atoms with E-state index in [0.29, 0.717) is 44.6 Å². The Morgan fingerprint density at radius 1 is 0.582 bits per heavy atom. The Hall–Kier alpha value is -7.32. The van der Waals surface area contributed by atoms with Crippen molar-refractivity contribution in [1.82, 2.24) is 0 Å². The number of aromatic hydroxyl groups is 1. The number of hydrogen-bond donors (Lipinski definition) is 4. The Kier molecular flexibility index (Phi) is 14.5. The number of phenolic OH excluding ortho intramolecular Hbond substituents is 1. The summed E-state index contributed by atoms with van der Waals surface area (Å²) in [5.74, 6) is 0.690. The summed E-state index contributed by atoms with van der Waals surface area (Å²) >= 11 is 0. The lowest BCUT2D eigenvalue weighted by Crippen LogP contribution is -2.08. The number of nitrogens with zero attached hydrogens (tertiary/aromatic N) is 6. The van der Waals surface area contributed by atoms with Crippen molar-refractivity contribution in [2.24, 2.45) is 30.7 Å². The van der Waals surface area contributed by atoms with E-state index in [-0.39, 0.29) is 65.7 Å². The third-order valence-corrected chi connectivity index (χ3v) is 12.1. The molecule has 7 aromatic rings. The first-order chi connectivity index (χ1) is 32.0. The van der Waals surface area contributed by atoms with Crippen LogP contribution in [-0.4, -0.2) is 57.1 Å². The van der Waals surface area contributed by atoms with Crippen LogP contribution in [0.25, 0.3) is 21.5 Å². The van der Waals surface area contributed by atoms with Gasteiger partial charge in [-0.2, -0.15) is 32.2 Å². The second-order valence-electron chi connectivity index (χ2n) is 15.2. The SMILES string of the molecule is [CH]CCOc1cccc2c(S(=O)(=O)O)c(N=Nc3cc(OCCCS(=O)(=O)O)c(N=Nc4cc(C)c(N=Nc5ccc6cc(Nc7ccc(OC)cc7)ccc6c5O)cc4C)cc3C)ccc12. The van der Waals surface area contributed by atoms with Gasteiger partial charge in [-0.25, -0.2) is 0 Å². The predicted molar refractivity (Wildman–Crippen MR) is 256 cm³/mol. The summed E-state index contributed by atoms with van der Waals surface area (Å²) < 4.78 is 84.6. The molecule has 0 aliphatic heterocycles. The molecule has 0 spiro atoms. The Balaban J connectivity index is 1.14. The van der Waals surface area contributed by atoms with Gasteiger partial charge in [0.1, 0.15) is 39.2 Å². The Morgan fingerprint density at radius 2 is 1.15 bits per heavy atom. The quantitative estimate of drug-likeness (QED) is 0.0358. The van der Waals surface area contributed by atoms with E-state index in [4.69, 9.17) is 21.1 Å². The first kappa shape index (κ1) is 47.6. The number of anilines is 2. The summed E-state index contributed by atoms with van der Waals surface area (Å²) in [7, 11) is -7.45. The molecular formula is C48H45N7O10S2. The second kappa shape index (κ2) is 20.5. The molecule has 17 nitrogen and oxygen atoms in total. The largest absolute Gasteiger partial charge is 0.505 e. The van der Waals surface area contributed by atoms with E-state index in [1.54, 1.807) is 56.5 Å². The Morgan fingerprint density at radius 3 is 1.79 bits per heavy atom. The van der Waals surface area contributed by atoms with Gasteiger partial charge >= 0.3 is 0 Å². The topological polar surface area (TPSA) is 243 Å². The van der Waals surface area contributed by atoms with Crippen LogP contribution in [-0.2, 0) is 20.2 Å². The zero-order valence-corrected chi connectivity index (χ0v) is 38.3. The predicted octanol–water partition coefficient (Wildman–Crippen LogP) is 13.0. The van der Waals surface area contributed by atoms with Gasteiger partial charge in [0.05, 0.1) is 43.1 Å². The number of rotatable bonds is 18. The first-order valence-corrected chi connectivity index (χ1v) is 23.7. The molecule has 19 heteroatoms. The summed E-state index contributed by atoms with van der Waals surface area (Å²) in [5, 5.41) is 42.8. The van der Waals surface area contributed by atoms with Crippen LogP contribution in [0.1, 0.15) is 29.5 Å². The number of benzene rings is 7. The van der Waals surface area contributed by atoms with Crippen molar-refractivity contribution < 1.29 is 45.3 Å². The summed E-state index contributed by atoms with van der Waals surface area (Å²) in [4.78, 5) is -0.476. The van der Waals surface area contributed by atoms with Gasteiger partial charge in [-0.1, -0.05) is 18.2 Å². The summed E-state index contributed by atoms with van der Waals surface area (Å²) in [6, 6.07) is 31.1. The average molecular weight is 944 g/mol. The fourth-order valence-electron chi connectivity index (χ4n) is 6.95. The molecular weight excluding hydrogens is 899 g/mol. The van der Waals surface area contributed by atoms with Gasteiger partial charge in [0.2, 0.25) is 0 Å². The van der Waals surface area contributed by atoms with Gasteiger partial charge in [0.25, 0.3) is 20.2 Å². The van der Waals surface area contributed by atoms with Crippen LogP contribution in [0, 0.1) is 27.7 Å². The number of aryl methyl sites for hydroxylation is 3. The molecule has 0 saturated heterocycles. The molecule has 344 valence electrons. The highest BCUT2D eigenvalue weighted by molar-refractivity contribution is 7.86. The molecule has 2 radical (unpaired) electrons. The highest BCUT2D eigenvalue weighted by Crippen LogP contribution is 2.42. The van der Waals surface area contributed by atoms with Crippen LogP contribution in [0.3, 0.4) is 0 Å². The van der Waals surface area contributed by atoms with Crippen LogP contribution in [0.5, 0.6) is 23.0 Å². The number of hydrogen-bond acceptors (Lipinski definition) is 15. The fourth-order valence-corrected chi connectivity index (χ4v) is 8.26. The normalized spacial score (nSPS) is 12.2. The molecule has 0 aliphatic rings. The van der Waals surface area contributed by atoms with Gasteiger partial charge in [0, 0.05) is 33.6 Å². The maximum Gasteiger partial charge on any atom is 0.297 e. The smallest absolute Gasteiger partial charge is 0.297 e. The fraction of sp³-hybridized carbons (Fsp3) is 0.188. The van der Waals surface area contributed by atoms with Crippen molar-refractivity contribution in [3.05, 3.63) is 133 Å². The molecule has 7 aromatic carbocycles. The van der Waals surface area contributed by atoms with Crippen molar-refractivity contribution in [1.29, 1.82) is 0 Å². The molecule has 67 heavy (non-hydrogen) atoms. The average Bonchev–Trinajstić information content (AvgIpc) is 3.29. The van der Waals surface area contributed by atoms with Gasteiger partial charge in [-0.05, 0) is 148 Å². The molecule has 0 saturated carbocycles. The summed E-state index contributed by atoms with van der Waals surface area (Å²) in [6.45, 7) is 11.0. The van der Waals surface area contributed by atoms with Gasteiger partial charge < -0.3 is 24.6 Å². The third-order valence-electron chi connectivity index (χ3n) is 10.3. The maximum absolute atomic E-state index is 12.7. The second-order valence-corrected chi connectivity index (χ2v) is 18.2. The molecule has 0 amide bonds. The number of ether oxygens (including phenoxy) is 3. The summed E-state index contributed by atoms with van der Waals surface area (Å²) in [5.41, 5.74) is 5.29. The van der Waals surface area contributed by atoms with E-state index in [9.17, 15) is 31.0 Å². The van der Waals surface area contributed by atoms with E-state index in [2.05, 4.69) is 36.0 Å². The van der Waals surface area contributed by atoms with Gasteiger partial charge in [0.15, 0.2) is 5.75 Å². The van der Waals surface area contributed by atoms with Crippen molar-refractivity contribution in [2.45, 2.75) is 38.5 Å². The van der Waals surface area contributed by atoms with Crippen molar-refractivity contribution in [3.8, 4) is 23.0 Å². The minimum atomic E-state index is -4.81. The Bertz CT molecular complexity index is 3310. The first-order valence-electron chi connectivity index (χ1n) is 20.6. The number of azo groups is 3. The van der Waals surface area contributed by atoms with Crippen molar-refractivity contribution >= 4 is 87.3 Å².